The van der Waals surface area contributed by atoms with Crippen molar-refractivity contribution >= 4 is 10.8 Å². The van der Waals surface area contributed by atoms with Crippen LogP contribution >= 0.6 is 0 Å². The maximum atomic E-state index is 6.93. The van der Waals surface area contributed by atoms with Crippen molar-refractivity contribution in [3.63, 3.8) is 0 Å². The highest BCUT2D eigenvalue weighted by molar-refractivity contribution is 6.07. The van der Waals surface area contributed by atoms with E-state index in [-0.39, 0.29) is 0 Å². The van der Waals surface area contributed by atoms with Gasteiger partial charge in [-0.15, -0.1) is 0 Å². The van der Waals surface area contributed by atoms with Gasteiger partial charge in [-0.3, -0.25) is 0 Å². The lowest BCUT2D eigenvalue weighted by molar-refractivity contribution is 0.437. The van der Waals surface area contributed by atoms with Crippen LogP contribution in [-0.2, 0) is 10.8 Å². The van der Waals surface area contributed by atoms with Crippen LogP contribution in [0.5, 0.6) is 11.5 Å². The lowest BCUT2D eigenvalue weighted by Crippen LogP contribution is -2.33. The van der Waals surface area contributed by atoms with Crippen LogP contribution in [0, 0.1) is 0 Å². The second kappa shape index (κ2) is 10.4. The van der Waals surface area contributed by atoms with Gasteiger partial charge in [0.05, 0.1) is 10.8 Å². The average Bonchev–Trinajstić information content (AvgIpc) is 3.84. The van der Waals surface area contributed by atoms with Crippen LogP contribution in [0.2, 0.25) is 0 Å². The number of ether oxygens (including phenoxy) is 1. The number of fused-ring (bicyclic) bond motifs is 21. The second-order valence-corrected chi connectivity index (χ2v) is 15.4. The van der Waals surface area contributed by atoms with Crippen molar-refractivity contribution in [3.8, 4) is 56.0 Å². The molecular formula is C54H32O. The van der Waals surface area contributed by atoms with Gasteiger partial charge in [-0.1, -0.05) is 176 Å². The Kier molecular flexibility index (Phi) is 5.56. The summed E-state index contributed by atoms with van der Waals surface area (Å²) in [6.07, 6.45) is 0. The molecule has 0 N–H and O–H groups in total. The molecule has 0 amide bonds. The number of para-hydroxylation sites is 1. The molecule has 0 atom stereocenters. The average molecular weight is 697 g/mol. The quantitative estimate of drug-likeness (QED) is 0.166. The van der Waals surface area contributed by atoms with Crippen molar-refractivity contribution in [2.45, 2.75) is 10.8 Å². The molecule has 0 saturated carbocycles. The van der Waals surface area contributed by atoms with Gasteiger partial charge < -0.3 is 4.74 Å². The molecule has 254 valence electrons. The van der Waals surface area contributed by atoms with Gasteiger partial charge in [0.1, 0.15) is 11.5 Å². The molecule has 1 heterocycles. The van der Waals surface area contributed by atoms with Crippen molar-refractivity contribution in [2.75, 3.05) is 0 Å². The molecule has 0 fully saturated rings. The molecule has 0 aromatic heterocycles. The molecule has 2 spiro atoms. The molecular weight excluding hydrogens is 665 g/mol. The SMILES string of the molecule is c1ccc2c(c1)Oc1cccc(-c3ccc4c(c3)C3(c5ccccc5-c5ccccc53)c3ccc5ccccc5c3-4)c1C21c2ccccc2-c2ccccc21. The summed E-state index contributed by atoms with van der Waals surface area (Å²) in [6.45, 7) is 0. The van der Waals surface area contributed by atoms with Crippen LogP contribution < -0.4 is 4.74 Å². The number of hydrogen-bond donors (Lipinski definition) is 0. The Labute approximate surface area is 319 Å². The van der Waals surface area contributed by atoms with E-state index < -0.39 is 10.8 Å². The van der Waals surface area contributed by atoms with E-state index in [2.05, 4.69) is 194 Å². The van der Waals surface area contributed by atoms with Crippen molar-refractivity contribution < 1.29 is 4.74 Å². The second-order valence-electron chi connectivity index (χ2n) is 15.4. The maximum absolute atomic E-state index is 6.93. The normalized spacial score (nSPS) is 15.0. The summed E-state index contributed by atoms with van der Waals surface area (Å²) < 4.78 is 6.93. The minimum Gasteiger partial charge on any atom is -0.457 e. The zero-order chi connectivity index (χ0) is 35.9. The van der Waals surface area contributed by atoms with Crippen LogP contribution in [0.4, 0.5) is 0 Å². The first-order chi connectivity index (χ1) is 27.3. The minimum absolute atomic E-state index is 0.458. The van der Waals surface area contributed by atoms with Crippen LogP contribution in [0.15, 0.2) is 194 Å². The third-order valence-electron chi connectivity index (χ3n) is 13.2. The van der Waals surface area contributed by atoms with Crippen LogP contribution in [0.3, 0.4) is 0 Å². The van der Waals surface area contributed by atoms with Crippen molar-refractivity contribution in [3.05, 3.63) is 239 Å². The lowest BCUT2D eigenvalue weighted by Gasteiger charge is -2.40. The van der Waals surface area contributed by atoms with Gasteiger partial charge in [-0.05, 0) is 107 Å². The zero-order valence-corrected chi connectivity index (χ0v) is 29.9. The predicted octanol–water partition coefficient (Wildman–Crippen LogP) is 13.3. The molecule has 1 heteroatoms. The number of hydrogen-bond acceptors (Lipinski definition) is 1. The van der Waals surface area contributed by atoms with Gasteiger partial charge >= 0.3 is 0 Å². The summed E-state index contributed by atoms with van der Waals surface area (Å²) in [5.74, 6) is 1.82. The van der Waals surface area contributed by atoms with Crippen molar-refractivity contribution in [2.24, 2.45) is 0 Å². The van der Waals surface area contributed by atoms with E-state index >= 15 is 0 Å². The van der Waals surface area contributed by atoms with Crippen molar-refractivity contribution in [1.82, 2.24) is 0 Å². The lowest BCUT2D eigenvalue weighted by atomic mass is 9.64. The molecule has 0 radical (unpaired) electrons. The minimum atomic E-state index is -0.559. The Morgan fingerprint density at radius 3 is 1.51 bits per heavy atom. The fourth-order valence-electron chi connectivity index (χ4n) is 11.2. The standard InChI is InChI=1S/C54H32O/c1-2-15-35-33(14-1)29-31-47-51(35)41-30-28-34(32-48(41)53(47)42-21-7-3-16-37(42)38-17-4-8-22-43(38)53)36-20-13-27-50-52(36)54(46-25-11-12-26-49(46)55-50)44-23-9-5-18-39(44)40-19-6-10-24-45(40)54/h1-32H. The van der Waals surface area contributed by atoms with Gasteiger partial charge in [-0.2, -0.15) is 0 Å². The summed E-state index contributed by atoms with van der Waals surface area (Å²) in [4.78, 5) is 0. The molecule has 13 rings (SSSR count). The molecule has 9 aromatic carbocycles. The van der Waals surface area contributed by atoms with Crippen molar-refractivity contribution in [1.29, 1.82) is 0 Å². The summed E-state index contributed by atoms with van der Waals surface area (Å²) in [7, 11) is 0. The first-order valence-electron chi connectivity index (χ1n) is 19.3. The fraction of sp³-hybridized carbons (Fsp3) is 0.0370. The molecule has 3 aliphatic carbocycles. The van der Waals surface area contributed by atoms with E-state index in [1.807, 2.05) is 0 Å². The highest BCUT2D eigenvalue weighted by Gasteiger charge is 2.54. The number of benzene rings is 9. The third-order valence-corrected chi connectivity index (χ3v) is 13.2. The molecule has 4 aliphatic rings. The first-order valence-corrected chi connectivity index (χ1v) is 19.3. The monoisotopic (exact) mass is 696 g/mol. The summed E-state index contributed by atoms with van der Waals surface area (Å²) in [6, 6.07) is 72.4. The first kappa shape index (κ1) is 29.5. The Balaban J connectivity index is 1.16. The van der Waals surface area contributed by atoms with Gasteiger partial charge in [0.2, 0.25) is 0 Å². The van der Waals surface area contributed by atoms with E-state index in [1.165, 1.54) is 99.8 Å². The molecule has 0 saturated heterocycles. The Morgan fingerprint density at radius 2 is 0.836 bits per heavy atom. The summed E-state index contributed by atoms with van der Waals surface area (Å²) in [5, 5.41) is 2.56. The molecule has 55 heavy (non-hydrogen) atoms. The van der Waals surface area contributed by atoms with E-state index in [9.17, 15) is 0 Å². The Morgan fingerprint density at radius 1 is 0.309 bits per heavy atom. The highest BCUT2D eigenvalue weighted by Crippen LogP contribution is 2.66. The number of rotatable bonds is 1. The molecule has 0 bridgehead atoms. The molecule has 9 aromatic rings. The topological polar surface area (TPSA) is 9.23 Å². The third kappa shape index (κ3) is 3.42. The molecule has 1 nitrogen and oxygen atoms in total. The van der Waals surface area contributed by atoms with Crippen LogP contribution in [0.1, 0.15) is 44.5 Å². The van der Waals surface area contributed by atoms with Gasteiger partial charge in [0.15, 0.2) is 0 Å². The molecule has 0 unspecified atom stereocenters. The summed E-state index contributed by atoms with van der Waals surface area (Å²) in [5.41, 5.74) is 19.6. The van der Waals surface area contributed by atoms with E-state index in [0.717, 1.165) is 11.5 Å². The predicted molar refractivity (Wildman–Crippen MR) is 223 cm³/mol. The van der Waals surface area contributed by atoms with E-state index in [0.29, 0.717) is 0 Å². The molecule has 1 aliphatic heterocycles. The highest BCUT2D eigenvalue weighted by atomic mass is 16.5. The van der Waals surface area contributed by atoms with E-state index in [1.54, 1.807) is 0 Å². The Hall–Kier alpha value is -6.96. The van der Waals surface area contributed by atoms with Gasteiger partial charge in [0.25, 0.3) is 0 Å². The largest absolute Gasteiger partial charge is 0.457 e. The van der Waals surface area contributed by atoms with Crippen LogP contribution in [0.25, 0.3) is 55.3 Å². The fourth-order valence-corrected chi connectivity index (χ4v) is 11.2. The van der Waals surface area contributed by atoms with Gasteiger partial charge in [-0.25, -0.2) is 0 Å². The van der Waals surface area contributed by atoms with Crippen LogP contribution in [-0.4, -0.2) is 0 Å². The maximum Gasteiger partial charge on any atom is 0.132 e. The van der Waals surface area contributed by atoms with E-state index in [4.69, 9.17) is 4.74 Å². The smallest absolute Gasteiger partial charge is 0.132 e. The van der Waals surface area contributed by atoms with Gasteiger partial charge in [0, 0.05) is 11.1 Å². The Bertz CT molecular complexity index is 3050. The summed E-state index contributed by atoms with van der Waals surface area (Å²) >= 11 is 0. The zero-order valence-electron chi connectivity index (χ0n) is 29.9.